The summed E-state index contributed by atoms with van der Waals surface area (Å²) in [6.07, 6.45) is 3.50. The maximum absolute atomic E-state index is 4.18. The van der Waals surface area contributed by atoms with E-state index in [0.717, 1.165) is 14.5 Å². The summed E-state index contributed by atoms with van der Waals surface area (Å²) in [7, 11) is 0. The third kappa shape index (κ3) is 2.56. The molecule has 0 N–H and O–H groups in total. The molecule has 0 spiro atoms. The monoisotopic (exact) mass is 266 g/mol. The second-order valence-electron chi connectivity index (χ2n) is 2.60. The van der Waals surface area contributed by atoms with Crippen molar-refractivity contribution in [2.75, 3.05) is 0 Å². The normalized spacial score (nSPS) is 10.1. The number of halogens is 1. The number of rotatable bonds is 2. The fourth-order valence-electron chi connectivity index (χ4n) is 0.947. The first-order valence-corrected chi connectivity index (χ1v) is 5.66. The van der Waals surface area contributed by atoms with E-state index in [9.17, 15) is 0 Å². The van der Waals surface area contributed by atoms with E-state index in [1.54, 1.807) is 24.2 Å². The Bertz CT molecular complexity index is 402. The van der Waals surface area contributed by atoms with Crippen molar-refractivity contribution >= 4 is 27.7 Å². The fourth-order valence-corrected chi connectivity index (χ4v) is 1.87. The summed E-state index contributed by atoms with van der Waals surface area (Å²) < 4.78 is 0.898. The molecule has 1 heterocycles. The van der Waals surface area contributed by atoms with Crippen molar-refractivity contribution in [1.82, 2.24) is 9.97 Å². The van der Waals surface area contributed by atoms with Crippen LogP contribution >= 0.6 is 27.7 Å². The zero-order valence-electron chi connectivity index (χ0n) is 7.22. The molecule has 2 aromatic rings. The summed E-state index contributed by atoms with van der Waals surface area (Å²) in [5.41, 5.74) is 0. The van der Waals surface area contributed by atoms with Crippen LogP contribution in [-0.2, 0) is 0 Å². The number of benzene rings is 1. The Labute approximate surface area is 94.9 Å². The molecule has 0 unspecified atom stereocenters. The maximum Gasteiger partial charge on any atom is 0.192 e. The van der Waals surface area contributed by atoms with Gasteiger partial charge in [-0.25, -0.2) is 9.97 Å². The molecule has 0 radical (unpaired) electrons. The van der Waals surface area contributed by atoms with Gasteiger partial charge >= 0.3 is 0 Å². The Morgan fingerprint density at radius 2 is 1.64 bits per heavy atom. The van der Waals surface area contributed by atoms with E-state index < -0.39 is 0 Å². The first kappa shape index (κ1) is 9.68. The molecule has 70 valence electrons. The van der Waals surface area contributed by atoms with Gasteiger partial charge in [-0.2, -0.15) is 0 Å². The van der Waals surface area contributed by atoms with Gasteiger partial charge in [-0.3, -0.25) is 0 Å². The number of nitrogens with zero attached hydrogens (tertiary/aromatic N) is 2. The minimum absolute atomic E-state index is 0.763. The third-order valence-corrected chi connectivity index (χ3v) is 2.86. The Kier molecular flexibility index (Phi) is 3.16. The molecule has 0 atom stereocenters. The van der Waals surface area contributed by atoms with Gasteiger partial charge in [0.15, 0.2) is 5.16 Å². The molecule has 4 heteroatoms. The number of hydrogen-bond donors (Lipinski definition) is 0. The van der Waals surface area contributed by atoms with E-state index in [-0.39, 0.29) is 0 Å². The highest BCUT2D eigenvalue weighted by molar-refractivity contribution is 9.10. The predicted molar refractivity (Wildman–Crippen MR) is 60.3 cm³/mol. The fraction of sp³-hybridized carbons (Fsp3) is 0. The van der Waals surface area contributed by atoms with Crippen LogP contribution in [0.5, 0.6) is 0 Å². The summed E-state index contributed by atoms with van der Waals surface area (Å²) in [6, 6.07) is 10.1. The van der Waals surface area contributed by atoms with Crippen LogP contribution < -0.4 is 0 Å². The van der Waals surface area contributed by atoms with Crippen LogP contribution in [0, 0.1) is 0 Å². The molecule has 0 fully saturated rings. The predicted octanol–water partition coefficient (Wildman–Crippen LogP) is 3.39. The van der Waals surface area contributed by atoms with E-state index in [1.807, 2.05) is 30.3 Å². The Hall–Kier alpha value is -0.870. The van der Waals surface area contributed by atoms with Gasteiger partial charge < -0.3 is 0 Å². The van der Waals surface area contributed by atoms with Gasteiger partial charge in [0.05, 0.1) is 4.47 Å². The molecule has 0 amide bonds. The molecule has 0 saturated carbocycles. The largest absolute Gasteiger partial charge is 0.230 e. The van der Waals surface area contributed by atoms with Crippen LogP contribution in [0.1, 0.15) is 0 Å². The van der Waals surface area contributed by atoms with Crippen molar-refractivity contribution in [3.63, 3.8) is 0 Å². The average Bonchev–Trinajstić information content (AvgIpc) is 2.23. The van der Waals surface area contributed by atoms with E-state index in [2.05, 4.69) is 25.9 Å². The summed E-state index contributed by atoms with van der Waals surface area (Å²) >= 11 is 4.85. The second-order valence-corrected chi connectivity index (χ2v) is 4.56. The lowest BCUT2D eigenvalue weighted by molar-refractivity contribution is 0.958. The topological polar surface area (TPSA) is 25.8 Å². The van der Waals surface area contributed by atoms with Gasteiger partial charge in [0.2, 0.25) is 0 Å². The van der Waals surface area contributed by atoms with Gasteiger partial charge in [-0.05, 0) is 39.8 Å². The molecule has 0 aliphatic heterocycles. The molecule has 1 aromatic heterocycles. The van der Waals surface area contributed by atoms with Crippen LogP contribution in [0.2, 0.25) is 0 Å². The average molecular weight is 267 g/mol. The number of hydrogen-bond acceptors (Lipinski definition) is 3. The van der Waals surface area contributed by atoms with Crippen molar-refractivity contribution < 1.29 is 0 Å². The van der Waals surface area contributed by atoms with Gasteiger partial charge in [-0.15, -0.1) is 0 Å². The van der Waals surface area contributed by atoms with Crippen LogP contribution in [0.3, 0.4) is 0 Å². The van der Waals surface area contributed by atoms with Crippen molar-refractivity contribution in [3.8, 4) is 0 Å². The minimum Gasteiger partial charge on any atom is -0.230 e. The smallest absolute Gasteiger partial charge is 0.192 e. The summed E-state index contributed by atoms with van der Waals surface area (Å²) in [5.74, 6) is 0. The third-order valence-electron chi connectivity index (χ3n) is 1.55. The molecule has 0 saturated heterocycles. The van der Waals surface area contributed by atoms with Gasteiger partial charge in [0.1, 0.15) is 0 Å². The van der Waals surface area contributed by atoms with Crippen LogP contribution in [-0.4, -0.2) is 9.97 Å². The Morgan fingerprint density at radius 3 is 2.29 bits per heavy atom. The zero-order chi connectivity index (χ0) is 9.80. The summed E-state index contributed by atoms with van der Waals surface area (Å²) in [4.78, 5) is 9.51. The molecule has 14 heavy (non-hydrogen) atoms. The minimum atomic E-state index is 0.763. The van der Waals surface area contributed by atoms with Crippen molar-refractivity contribution in [2.45, 2.75) is 10.1 Å². The summed E-state index contributed by atoms with van der Waals surface area (Å²) in [5, 5.41) is 0.763. The van der Waals surface area contributed by atoms with Gasteiger partial charge in [0.25, 0.3) is 0 Å². The maximum atomic E-state index is 4.18. The van der Waals surface area contributed by atoms with Gasteiger partial charge in [-0.1, -0.05) is 18.2 Å². The summed E-state index contributed by atoms with van der Waals surface area (Å²) in [6.45, 7) is 0. The van der Waals surface area contributed by atoms with Crippen molar-refractivity contribution in [1.29, 1.82) is 0 Å². The van der Waals surface area contributed by atoms with Crippen LogP contribution in [0.25, 0.3) is 0 Å². The van der Waals surface area contributed by atoms with Crippen molar-refractivity contribution in [2.24, 2.45) is 0 Å². The number of aromatic nitrogens is 2. The second kappa shape index (κ2) is 4.57. The Morgan fingerprint density at radius 1 is 1.00 bits per heavy atom. The molecule has 0 aliphatic rings. The van der Waals surface area contributed by atoms with Gasteiger partial charge in [0, 0.05) is 17.3 Å². The van der Waals surface area contributed by atoms with Crippen molar-refractivity contribution in [3.05, 3.63) is 47.2 Å². The lowest BCUT2D eigenvalue weighted by Crippen LogP contribution is -1.83. The highest BCUT2D eigenvalue weighted by atomic mass is 79.9. The Balaban J connectivity index is 2.16. The molecular formula is C10H7BrN2S. The first-order chi connectivity index (χ1) is 6.84. The van der Waals surface area contributed by atoms with Crippen LogP contribution in [0.4, 0.5) is 0 Å². The SMILES string of the molecule is Brc1cnc(Sc2ccccc2)nc1. The molecule has 2 nitrogen and oxygen atoms in total. The molecule has 1 aromatic carbocycles. The first-order valence-electron chi connectivity index (χ1n) is 4.05. The van der Waals surface area contributed by atoms with E-state index in [1.165, 1.54) is 0 Å². The van der Waals surface area contributed by atoms with E-state index in [4.69, 9.17) is 0 Å². The molecule has 2 rings (SSSR count). The quantitative estimate of drug-likeness (QED) is 0.780. The van der Waals surface area contributed by atoms with E-state index >= 15 is 0 Å². The zero-order valence-corrected chi connectivity index (χ0v) is 9.62. The highest BCUT2D eigenvalue weighted by Crippen LogP contribution is 2.23. The van der Waals surface area contributed by atoms with E-state index in [0.29, 0.717) is 0 Å². The lowest BCUT2D eigenvalue weighted by atomic mass is 10.4. The molecular weight excluding hydrogens is 260 g/mol. The highest BCUT2D eigenvalue weighted by Gasteiger charge is 1.98. The lowest BCUT2D eigenvalue weighted by Gasteiger charge is -1.98. The molecule has 0 bridgehead atoms. The molecule has 0 aliphatic carbocycles. The van der Waals surface area contributed by atoms with Crippen LogP contribution in [0.15, 0.2) is 57.3 Å². The standard InChI is InChI=1S/C10H7BrN2S/c11-8-6-12-10(13-7-8)14-9-4-2-1-3-5-9/h1-7H.